The zero-order valence-corrected chi connectivity index (χ0v) is 15.8. The lowest BCUT2D eigenvalue weighted by Gasteiger charge is -2.28. The maximum absolute atomic E-state index is 10.2. The third-order valence-corrected chi connectivity index (χ3v) is 4.54. The summed E-state index contributed by atoms with van der Waals surface area (Å²) in [6, 6.07) is 9.98. The van der Waals surface area contributed by atoms with Crippen molar-refractivity contribution in [3.8, 4) is 5.75 Å². The van der Waals surface area contributed by atoms with Gasteiger partial charge in [-0.15, -0.1) is 0 Å². The van der Waals surface area contributed by atoms with E-state index in [1.807, 2.05) is 35.1 Å². The molecule has 1 unspecified atom stereocenters. The number of benzene rings is 1. The minimum absolute atomic E-state index is 0.304. The molecule has 7 heteroatoms. The van der Waals surface area contributed by atoms with Crippen LogP contribution in [0.3, 0.4) is 0 Å². The first kappa shape index (κ1) is 19.8. The van der Waals surface area contributed by atoms with Crippen LogP contribution in [0.15, 0.2) is 42.7 Å². The zero-order chi connectivity index (χ0) is 18.7. The summed E-state index contributed by atoms with van der Waals surface area (Å²) < 4.78 is 13.0. The first-order chi connectivity index (χ1) is 13.3. The summed E-state index contributed by atoms with van der Waals surface area (Å²) in [6.45, 7) is 6.81. The zero-order valence-electron chi connectivity index (χ0n) is 15.8. The maximum atomic E-state index is 10.2. The lowest BCUT2D eigenvalue weighted by Crippen LogP contribution is -2.42. The van der Waals surface area contributed by atoms with E-state index < -0.39 is 6.10 Å². The molecular formula is C20H30N4O3. The third-order valence-electron chi connectivity index (χ3n) is 4.54. The maximum Gasteiger partial charge on any atom is 0.119 e. The van der Waals surface area contributed by atoms with Gasteiger partial charge >= 0.3 is 0 Å². The number of aliphatic hydroxyl groups excluding tert-OH is 1. The van der Waals surface area contributed by atoms with Crippen LogP contribution in [0.5, 0.6) is 5.75 Å². The van der Waals surface area contributed by atoms with Crippen LogP contribution < -0.4 is 10.1 Å². The summed E-state index contributed by atoms with van der Waals surface area (Å²) in [7, 11) is 0. The number of morpholine rings is 1. The van der Waals surface area contributed by atoms with Crippen molar-refractivity contribution in [3.63, 3.8) is 0 Å². The van der Waals surface area contributed by atoms with Gasteiger partial charge in [0.15, 0.2) is 0 Å². The number of aromatic nitrogens is 2. The number of aryl methyl sites for hydroxylation is 1. The van der Waals surface area contributed by atoms with E-state index in [2.05, 4.69) is 21.4 Å². The molecule has 0 amide bonds. The van der Waals surface area contributed by atoms with Crippen LogP contribution in [0.4, 0.5) is 0 Å². The van der Waals surface area contributed by atoms with Crippen LogP contribution in [0.2, 0.25) is 0 Å². The minimum Gasteiger partial charge on any atom is -0.491 e. The van der Waals surface area contributed by atoms with Gasteiger partial charge in [-0.2, -0.15) is 5.10 Å². The molecule has 1 aromatic heterocycles. The van der Waals surface area contributed by atoms with Gasteiger partial charge in [0.05, 0.1) is 13.2 Å². The standard InChI is InChI=1S/C20H30N4O3/c25-19(16-23-10-12-26-13-11-23)17-27-20-5-1-4-18(14-20)15-21-6-2-8-24-9-3-7-22-24/h1,3-5,7,9,14,19,21,25H,2,6,8,10-13,15-17H2. The molecule has 148 valence electrons. The van der Waals surface area contributed by atoms with Crippen LogP contribution >= 0.6 is 0 Å². The molecule has 0 spiro atoms. The summed E-state index contributed by atoms with van der Waals surface area (Å²) in [4.78, 5) is 2.21. The van der Waals surface area contributed by atoms with Gasteiger partial charge in [0.1, 0.15) is 18.5 Å². The Labute approximate surface area is 160 Å². The van der Waals surface area contributed by atoms with E-state index in [1.54, 1.807) is 6.20 Å². The van der Waals surface area contributed by atoms with Gasteiger partial charge in [-0.05, 0) is 36.7 Å². The third kappa shape index (κ3) is 7.30. The number of nitrogens with zero attached hydrogens (tertiary/aromatic N) is 3. The number of aliphatic hydroxyl groups is 1. The average Bonchev–Trinajstić information content (AvgIpc) is 3.21. The molecule has 0 radical (unpaired) electrons. The smallest absolute Gasteiger partial charge is 0.119 e. The van der Waals surface area contributed by atoms with Crippen molar-refractivity contribution in [2.24, 2.45) is 0 Å². The number of nitrogens with one attached hydrogen (secondary N) is 1. The van der Waals surface area contributed by atoms with E-state index in [4.69, 9.17) is 9.47 Å². The molecule has 1 aromatic carbocycles. The van der Waals surface area contributed by atoms with Crippen LogP contribution in [-0.2, 0) is 17.8 Å². The van der Waals surface area contributed by atoms with Gasteiger partial charge in [-0.25, -0.2) is 0 Å². The predicted octanol–water partition coefficient (Wildman–Crippen LogP) is 1.13. The van der Waals surface area contributed by atoms with Crippen molar-refractivity contribution in [2.75, 3.05) is 46.0 Å². The molecule has 0 bridgehead atoms. The van der Waals surface area contributed by atoms with Crippen LogP contribution in [-0.4, -0.2) is 71.9 Å². The fourth-order valence-corrected chi connectivity index (χ4v) is 3.10. The number of hydrogen-bond acceptors (Lipinski definition) is 6. The lowest BCUT2D eigenvalue weighted by molar-refractivity contribution is 0.00465. The Bertz CT molecular complexity index is 644. The Morgan fingerprint density at radius 1 is 1.26 bits per heavy atom. The molecule has 2 heterocycles. The van der Waals surface area contributed by atoms with Gasteiger partial charge < -0.3 is 19.9 Å². The lowest BCUT2D eigenvalue weighted by atomic mass is 10.2. The molecule has 7 nitrogen and oxygen atoms in total. The van der Waals surface area contributed by atoms with Gasteiger partial charge in [0.25, 0.3) is 0 Å². The van der Waals surface area contributed by atoms with Crippen LogP contribution in [0.25, 0.3) is 0 Å². The SMILES string of the molecule is OC(COc1cccc(CNCCCn2cccn2)c1)CN1CCOCC1. The van der Waals surface area contributed by atoms with Gasteiger partial charge in [0.2, 0.25) is 0 Å². The Balaban J connectivity index is 1.32. The summed E-state index contributed by atoms with van der Waals surface area (Å²) in [6.07, 6.45) is 4.32. The number of β-amino-alcohol motifs (C(OH)–C–C–N with tert-alkyl or cyclic N) is 1. The van der Waals surface area contributed by atoms with E-state index in [0.29, 0.717) is 13.2 Å². The average molecular weight is 374 g/mol. The predicted molar refractivity (Wildman–Crippen MR) is 104 cm³/mol. The van der Waals surface area contributed by atoms with Crippen LogP contribution in [0.1, 0.15) is 12.0 Å². The van der Waals surface area contributed by atoms with Gasteiger partial charge in [-0.3, -0.25) is 9.58 Å². The van der Waals surface area contributed by atoms with Crippen molar-refractivity contribution in [1.82, 2.24) is 20.0 Å². The summed E-state index contributed by atoms with van der Waals surface area (Å²) in [5, 5.41) is 17.8. The highest BCUT2D eigenvalue weighted by Crippen LogP contribution is 2.14. The highest BCUT2D eigenvalue weighted by Gasteiger charge is 2.15. The Hall–Kier alpha value is -1.93. The topological polar surface area (TPSA) is 71.8 Å². The van der Waals surface area contributed by atoms with E-state index >= 15 is 0 Å². The quantitative estimate of drug-likeness (QED) is 0.575. The van der Waals surface area contributed by atoms with Gasteiger partial charge in [0, 0.05) is 45.1 Å². The summed E-state index contributed by atoms with van der Waals surface area (Å²) in [5.41, 5.74) is 1.18. The van der Waals surface area contributed by atoms with Crippen molar-refractivity contribution < 1.29 is 14.6 Å². The summed E-state index contributed by atoms with van der Waals surface area (Å²) >= 11 is 0. The molecule has 1 fully saturated rings. The molecule has 0 aliphatic carbocycles. The first-order valence-electron chi connectivity index (χ1n) is 9.67. The van der Waals surface area contributed by atoms with Gasteiger partial charge in [-0.1, -0.05) is 12.1 Å². The molecule has 3 rings (SSSR count). The number of hydrogen-bond donors (Lipinski definition) is 2. The summed E-state index contributed by atoms with van der Waals surface area (Å²) in [5.74, 6) is 0.798. The van der Waals surface area contributed by atoms with E-state index in [0.717, 1.165) is 58.1 Å². The molecule has 1 aliphatic rings. The fourth-order valence-electron chi connectivity index (χ4n) is 3.10. The van der Waals surface area contributed by atoms with E-state index in [1.165, 1.54) is 5.56 Å². The normalized spacial score (nSPS) is 16.3. The number of ether oxygens (including phenoxy) is 2. The van der Waals surface area contributed by atoms with Crippen molar-refractivity contribution in [2.45, 2.75) is 25.6 Å². The number of rotatable bonds is 11. The van der Waals surface area contributed by atoms with E-state index in [9.17, 15) is 5.11 Å². The minimum atomic E-state index is -0.493. The molecule has 27 heavy (non-hydrogen) atoms. The Morgan fingerprint density at radius 2 is 2.15 bits per heavy atom. The van der Waals surface area contributed by atoms with Crippen molar-refractivity contribution in [1.29, 1.82) is 0 Å². The first-order valence-corrected chi connectivity index (χ1v) is 9.67. The van der Waals surface area contributed by atoms with Crippen LogP contribution in [0, 0.1) is 0 Å². The Kier molecular flexibility index (Phi) is 8.10. The monoisotopic (exact) mass is 374 g/mol. The van der Waals surface area contributed by atoms with Crippen molar-refractivity contribution >= 4 is 0 Å². The highest BCUT2D eigenvalue weighted by atomic mass is 16.5. The molecule has 1 saturated heterocycles. The largest absolute Gasteiger partial charge is 0.491 e. The van der Waals surface area contributed by atoms with E-state index in [-0.39, 0.29) is 0 Å². The highest BCUT2D eigenvalue weighted by molar-refractivity contribution is 5.28. The molecule has 0 saturated carbocycles. The second-order valence-electron chi connectivity index (χ2n) is 6.82. The second kappa shape index (κ2) is 11.0. The molecule has 1 aliphatic heterocycles. The Morgan fingerprint density at radius 3 is 2.96 bits per heavy atom. The molecule has 2 N–H and O–H groups in total. The molecule has 2 aromatic rings. The van der Waals surface area contributed by atoms with Crippen molar-refractivity contribution in [3.05, 3.63) is 48.3 Å². The second-order valence-corrected chi connectivity index (χ2v) is 6.82. The molecule has 1 atom stereocenters. The fraction of sp³-hybridized carbons (Fsp3) is 0.550. The molecular weight excluding hydrogens is 344 g/mol.